The number of carbonyl (C=O) groups is 1. The van der Waals surface area contributed by atoms with Crippen molar-refractivity contribution in [2.45, 2.75) is 18.9 Å². The summed E-state index contributed by atoms with van der Waals surface area (Å²) in [5, 5.41) is 0.730. The third-order valence-corrected chi connectivity index (χ3v) is 3.56. The van der Waals surface area contributed by atoms with Crippen LogP contribution in [0, 0.1) is 0 Å². The number of halogens is 1. The topological polar surface area (TPSA) is 41.8 Å². The van der Waals surface area contributed by atoms with Gasteiger partial charge in [-0.2, -0.15) is 0 Å². The van der Waals surface area contributed by atoms with Crippen molar-refractivity contribution < 1.29 is 4.79 Å². The van der Waals surface area contributed by atoms with Crippen LogP contribution in [-0.2, 0) is 11.2 Å². The molecule has 0 aliphatic carbocycles. The van der Waals surface area contributed by atoms with E-state index in [9.17, 15) is 4.79 Å². The molecule has 0 fully saturated rings. The number of Topliss-reactive ketones (excluding diaryl/α,β-unsaturated/α-hetero) is 1. The maximum atomic E-state index is 11.6. The van der Waals surface area contributed by atoms with E-state index in [0.717, 1.165) is 21.9 Å². The molecule has 0 amide bonds. The van der Waals surface area contributed by atoms with E-state index in [2.05, 4.69) is 9.98 Å². The Labute approximate surface area is 110 Å². The van der Waals surface area contributed by atoms with Crippen molar-refractivity contribution in [2.24, 2.45) is 9.98 Å². The van der Waals surface area contributed by atoms with Crippen LogP contribution in [-0.4, -0.2) is 24.3 Å². The van der Waals surface area contributed by atoms with Crippen LogP contribution in [0.4, 0.5) is 0 Å². The molecule has 2 aliphatic heterocycles. The molecule has 3 rings (SSSR count). The van der Waals surface area contributed by atoms with Gasteiger partial charge in [-0.1, -0.05) is 29.8 Å². The van der Waals surface area contributed by atoms with Crippen molar-refractivity contribution in [3.63, 3.8) is 0 Å². The number of rotatable bonds is 2. The van der Waals surface area contributed by atoms with E-state index in [1.807, 2.05) is 24.3 Å². The van der Waals surface area contributed by atoms with Crippen LogP contribution in [0.5, 0.6) is 0 Å². The van der Waals surface area contributed by atoms with Gasteiger partial charge in [-0.15, -0.1) is 0 Å². The maximum absolute atomic E-state index is 11.6. The first-order valence-corrected chi connectivity index (χ1v) is 6.20. The fourth-order valence-corrected chi connectivity index (χ4v) is 2.47. The number of ketones is 1. The molecule has 1 atom stereocenters. The van der Waals surface area contributed by atoms with Gasteiger partial charge in [-0.05, 0) is 11.6 Å². The summed E-state index contributed by atoms with van der Waals surface area (Å²) in [6.45, 7) is 0. The Kier molecular flexibility index (Phi) is 2.84. The third kappa shape index (κ3) is 1.91. The molecular weight excluding hydrogens is 248 g/mol. The molecule has 0 spiro atoms. The lowest BCUT2D eigenvalue weighted by Crippen LogP contribution is -2.21. The van der Waals surface area contributed by atoms with Gasteiger partial charge in [0.15, 0.2) is 0 Å². The molecule has 3 nitrogen and oxygen atoms in total. The first-order valence-electron chi connectivity index (χ1n) is 5.82. The molecule has 1 unspecified atom stereocenters. The lowest BCUT2D eigenvalue weighted by atomic mass is 9.96. The predicted molar refractivity (Wildman–Crippen MR) is 72.6 cm³/mol. The zero-order valence-electron chi connectivity index (χ0n) is 9.64. The fraction of sp³-hybridized carbons (Fsp3) is 0.214. The molecule has 0 saturated heterocycles. The van der Waals surface area contributed by atoms with E-state index < -0.39 is 0 Å². The van der Waals surface area contributed by atoms with Crippen molar-refractivity contribution in [3.05, 3.63) is 46.1 Å². The monoisotopic (exact) mass is 258 g/mol. The molecule has 90 valence electrons. The fourth-order valence-electron chi connectivity index (χ4n) is 2.26. The Bertz CT molecular complexity index is 602. The van der Waals surface area contributed by atoms with E-state index in [1.165, 1.54) is 6.21 Å². The number of carbonyl (C=O) groups excluding carboxylic acids is 1. The summed E-state index contributed by atoms with van der Waals surface area (Å²) in [5.74, 6) is -0.0158. The van der Waals surface area contributed by atoms with E-state index in [4.69, 9.17) is 11.6 Å². The summed E-state index contributed by atoms with van der Waals surface area (Å²) in [7, 11) is 0. The standard InChI is InChI=1S/C14H11ClN2O/c15-11-4-2-1-3-9(11)7-12-14-10(5-6-16-14)13(18)8-17-12/h1-4,6,8,12H,5,7H2. The number of hydrogen-bond donors (Lipinski definition) is 0. The van der Waals surface area contributed by atoms with E-state index in [1.54, 1.807) is 6.21 Å². The van der Waals surface area contributed by atoms with Crippen molar-refractivity contribution in [1.82, 2.24) is 0 Å². The van der Waals surface area contributed by atoms with Gasteiger partial charge in [0.1, 0.15) is 0 Å². The molecule has 0 radical (unpaired) electrons. The summed E-state index contributed by atoms with van der Waals surface area (Å²) in [6, 6.07) is 7.61. The van der Waals surface area contributed by atoms with Gasteiger partial charge >= 0.3 is 0 Å². The minimum atomic E-state index is -0.0867. The minimum absolute atomic E-state index is 0.0158. The summed E-state index contributed by atoms with van der Waals surface area (Å²) in [6.07, 6.45) is 4.49. The second-order valence-electron chi connectivity index (χ2n) is 4.33. The summed E-state index contributed by atoms with van der Waals surface area (Å²) < 4.78 is 0. The smallest absolute Gasteiger partial charge is 0.201 e. The first kappa shape index (κ1) is 11.4. The molecule has 0 saturated carbocycles. The second kappa shape index (κ2) is 4.50. The van der Waals surface area contributed by atoms with Gasteiger partial charge in [-0.25, -0.2) is 0 Å². The first-order chi connectivity index (χ1) is 8.75. The van der Waals surface area contributed by atoms with Gasteiger partial charge < -0.3 is 0 Å². The lowest BCUT2D eigenvalue weighted by Gasteiger charge is -2.17. The van der Waals surface area contributed by atoms with Gasteiger partial charge in [0.05, 0.1) is 18.0 Å². The van der Waals surface area contributed by atoms with Crippen molar-refractivity contribution in [1.29, 1.82) is 0 Å². The van der Waals surface area contributed by atoms with Crippen LogP contribution in [0.15, 0.2) is 45.5 Å². The van der Waals surface area contributed by atoms with E-state index in [-0.39, 0.29) is 11.8 Å². The lowest BCUT2D eigenvalue weighted by molar-refractivity contribution is -0.109. The zero-order valence-corrected chi connectivity index (χ0v) is 10.4. The van der Waals surface area contributed by atoms with Gasteiger partial charge in [0, 0.05) is 29.7 Å². The molecule has 0 N–H and O–H groups in total. The van der Waals surface area contributed by atoms with Crippen LogP contribution in [0.3, 0.4) is 0 Å². The normalized spacial score (nSPS) is 21.6. The van der Waals surface area contributed by atoms with E-state index in [0.29, 0.717) is 12.8 Å². The number of dihydropyridines is 1. The number of allylic oxidation sites excluding steroid dienone is 1. The molecular formula is C14H11ClN2O. The highest BCUT2D eigenvalue weighted by atomic mass is 35.5. The summed E-state index contributed by atoms with van der Waals surface area (Å²) in [4.78, 5) is 20.2. The summed E-state index contributed by atoms with van der Waals surface area (Å²) in [5.41, 5.74) is 2.62. The minimum Gasteiger partial charge on any atom is -0.288 e. The highest BCUT2D eigenvalue weighted by Crippen LogP contribution is 2.28. The molecule has 18 heavy (non-hydrogen) atoms. The Morgan fingerprint density at radius 3 is 3.00 bits per heavy atom. The van der Waals surface area contributed by atoms with Crippen LogP contribution < -0.4 is 0 Å². The van der Waals surface area contributed by atoms with Crippen molar-refractivity contribution >= 4 is 29.8 Å². The number of nitrogens with zero attached hydrogens (tertiary/aromatic N) is 2. The number of hydrogen-bond acceptors (Lipinski definition) is 3. The van der Waals surface area contributed by atoms with E-state index >= 15 is 0 Å². The summed E-state index contributed by atoms with van der Waals surface area (Å²) >= 11 is 6.14. The van der Waals surface area contributed by atoms with Gasteiger partial charge in [0.2, 0.25) is 5.78 Å². The Balaban J connectivity index is 1.90. The SMILES string of the molecule is O=C1C=NC(Cc2ccccc2Cl)C2=C1CC=N2. The quantitative estimate of drug-likeness (QED) is 0.804. The highest BCUT2D eigenvalue weighted by molar-refractivity contribution is 6.37. The number of benzene rings is 1. The molecule has 0 bridgehead atoms. The van der Waals surface area contributed by atoms with Crippen molar-refractivity contribution in [2.75, 3.05) is 0 Å². The average molecular weight is 259 g/mol. The second-order valence-corrected chi connectivity index (χ2v) is 4.74. The largest absolute Gasteiger partial charge is 0.288 e. The zero-order chi connectivity index (χ0) is 12.5. The van der Waals surface area contributed by atoms with Crippen LogP contribution in [0.2, 0.25) is 5.02 Å². The number of aliphatic imine (C=N–C) groups is 2. The highest BCUT2D eigenvalue weighted by Gasteiger charge is 2.27. The molecule has 1 aromatic rings. The molecule has 1 aromatic carbocycles. The van der Waals surface area contributed by atoms with Crippen LogP contribution in [0.25, 0.3) is 0 Å². The van der Waals surface area contributed by atoms with Crippen LogP contribution >= 0.6 is 11.6 Å². The Hall–Kier alpha value is -1.74. The maximum Gasteiger partial charge on any atom is 0.201 e. The molecule has 4 heteroatoms. The molecule has 2 aliphatic rings. The molecule has 2 heterocycles. The Morgan fingerprint density at radius 2 is 2.17 bits per heavy atom. The average Bonchev–Trinajstić information content (AvgIpc) is 2.85. The molecule has 0 aromatic heterocycles. The third-order valence-electron chi connectivity index (χ3n) is 3.19. The van der Waals surface area contributed by atoms with Crippen LogP contribution in [0.1, 0.15) is 12.0 Å². The predicted octanol–water partition coefficient (Wildman–Crippen LogP) is 2.63. The van der Waals surface area contributed by atoms with Crippen molar-refractivity contribution in [3.8, 4) is 0 Å². The van der Waals surface area contributed by atoms with Gasteiger partial charge in [-0.3, -0.25) is 14.8 Å². The Morgan fingerprint density at radius 1 is 1.33 bits per heavy atom. The van der Waals surface area contributed by atoms with Gasteiger partial charge in [0.25, 0.3) is 0 Å².